The van der Waals surface area contributed by atoms with Crippen molar-refractivity contribution in [3.8, 4) is 0 Å². The van der Waals surface area contributed by atoms with Crippen molar-refractivity contribution >= 4 is 49.3 Å². The summed E-state index contributed by atoms with van der Waals surface area (Å²) in [5.74, 6) is 0. The van der Waals surface area contributed by atoms with Crippen LogP contribution in [0.2, 0.25) is 0 Å². The molecule has 1 unspecified atom stereocenters. The molecule has 98 valence electrons. The Bertz CT molecular complexity index is 575. The molecule has 0 saturated carbocycles. The molecular weight excluding hydrogens is 386 g/mol. The molecular formula is C15H13Br2NS. The van der Waals surface area contributed by atoms with Crippen molar-refractivity contribution in [2.75, 3.05) is 11.9 Å². The first-order chi connectivity index (χ1) is 9.22. The smallest absolute Gasteiger partial charge is 0.0496 e. The van der Waals surface area contributed by atoms with Crippen molar-refractivity contribution in [1.82, 2.24) is 0 Å². The van der Waals surface area contributed by atoms with Gasteiger partial charge in [-0.05, 0) is 52.2 Å². The van der Waals surface area contributed by atoms with Gasteiger partial charge in [0.15, 0.2) is 0 Å². The summed E-state index contributed by atoms with van der Waals surface area (Å²) in [7, 11) is 0. The molecule has 0 aliphatic carbocycles. The third-order valence-electron chi connectivity index (χ3n) is 3.16. The summed E-state index contributed by atoms with van der Waals surface area (Å²) in [6.45, 7) is 0.981. The van der Waals surface area contributed by atoms with Crippen molar-refractivity contribution < 1.29 is 0 Å². The van der Waals surface area contributed by atoms with Crippen LogP contribution in [0.1, 0.15) is 5.56 Å². The molecule has 19 heavy (non-hydrogen) atoms. The molecule has 1 nitrogen and oxygen atoms in total. The Morgan fingerprint density at radius 1 is 1.16 bits per heavy atom. The SMILES string of the molecule is Brc1ccc(Br)c(NCC2Cc3ccccc3S2)c1. The van der Waals surface area contributed by atoms with Gasteiger partial charge in [-0.3, -0.25) is 0 Å². The second-order valence-electron chi connectivity index (χ2n) is 4.56. The molecule has 1 heterocycles. The summed E-state index contributed by atoms with van der Waals surface area (Å²) in [6.07, 6.45) is 1.15. The molecule has 4 heteroatoms. The maximum Gasteiger partial charge on any atom is 0.0496 e. The highest BCUT2D eigenvalue weighted by Crippen LogP contribution is 2.37. The highest BCUT2D eigenvalue weighted by Gasteiger charge is 2.21. The third kappa shape index (κ3) is 3.18. The molecule has 0 saturated heterocycles. The number of rotatable bonds is 3. The molecule has 0 amide bonds. The molecule has 0 spiro atoms. The predicted molar refractivity (Wildman–Crippen MR) is 90.1 cm³/mol. The largest absolute Gasteiger partial charge is 0.383 e. The number of thioether (sulfide) groups is 1. The van der Waals surface area contributed by atoms with E-state index in [2.05, 4.69) is 73.6 Å². The van der Waals surface area contributed by atoms with Gasteiger partial charge >= 0.3 is 0 Å². The number of halogens is 2. The zero-order valence-corrected chi connectivity index (χ0v) is 14.2. The molecule has 1 N–H and O–H groups in total. The zero-order valence-electron chi connectivity index (χ0n) is 10.2. The van der Waals surface area contributed by atoms with Crippen LogP contribution in [0, 0.1) is 0 Å². The van der Waals surface area contributed by atoms with Crippen molar-refractivity contribution in [1.29, 1.82) is 0 Å². The van der Waals surface area contributed by atoms with Gasteiger partial charge in [-0.1, -0.05) is 34.1 Å². The second kappa shape index (κ2) is 5.90. The summed E-state index contributed by atoms with van der Waals surface area (Å²) in [6, 6.07) is 14.9. The maximum absolute atomic E-state index is 3.58. The summed E-state index contributed by atoms with van der Waals surface area (Å²) < 4.78 is 2.21. The van der Waals surface area contributed by atoms with E-state index in [-0.39, 0.29) is 0 Å². The van der Waals surface area contributed by atoms with E-state index in [1.54, 1.807) is 0 Å². The van der Waals surface area contributed by atoms with Crippen LogP contribution < -0.4 is 5.32 Å². The van der Waals surface area contributed by atoms with Gasteiger partial charge in [0.1, 0.15) is 0 Å². The van der Waals surface area contributed by atoms with Crippen LogP contribution in [0.3, 0.4) is 0 Å². The number of anilines is 1. The van der Waals surface area contributed by atoms with Crippen molar-refractivity contribution in [3.05, 3.63) is 57.0 Å². The molecule has 0 bridgehead atoms. The first-order valence-corrected chi connectivity index (χ1v) is 8.62. The van der Waals surface area contributed by atoms with E-state index in [0.29, 0.717) is 5.25 Å². The Morgan fingerprint density at radius 3 is 2.84 bits per heavy atom. The number of hydrogen-bond donors (Lipinski definition) is 1. The minimum absolute atomic E-state index is 0.614. The Kier molecular flexibility index (Phi) is 4.20. The number of nitrogens with one attached hydrogen (secondary N) is 1. The molecule has 0 radical (unpaired) electrons. The van der Waals surface area contributed by atoms with Crippen LogP contribution in [0.15, 0.2) is 56.3 Å². The minimum atomic E-state index is 0.614. The van der Waals surface area contributed by atoms with Crippen LogP contribution in [0.4, 0.5) is 5.69 Å². The third-order valence-corrected chi connectivity index (χ3v) is 5.67. The molecule has 0 aromatic heterocycles. The van der Waals surface area contributed by atoms with E-state index < -0.39 is 0 Å². The molecule has 0 fully saturated rings. The minimum Gasteiger partial charge on any atom is -0.383 e. The standard InChI is InChI=1S/C15H13Br2NS/c16-11-5-6-13(17)14(8-11)18-9-12-7-10-3-1-2-4-15(10)19-12/h1-6,8,12,18H,7,9H2. The second-order valence-corrected chi connectivity index (χ2v) is 7.67. The first kappa shape index (κ1) is 13.5. The van der Waals surface area contributed by atoms with E-state index in [4.69, 9.17) is 0 Å². The summed E-state index contributed by atoms with van der Waals surface area (Å²) >= 11 is 9.06. The Morgan fingerprint density at radius 2 is 2.00 bits per heavy atom. The monoisotopic (exact) mass is 397 g/mol. The topological polar surface area (TPSA) is 12.0 Å². The highest BCUT2D eigenvalue weighted by atomic mass is 79.9. The Labute approximate surface area is 134 Å². The van der Waals surface area contributed by atoms with E-state index in [0.717, 1.165) is 27.6 Å². The fourth-order valence-corrected chi connectivity index (χ4v) is 4.22. The van der Waals surface area contributed by atoms with Gasteiger partial charge < -0.3 is 5.32 Å². The van der Waals surface area contributed by atoms with E-state index in [1.807, 2.05) is 17.8 Å². The van der Waals surface area contributed by atoms with Gasteiger partial charge in [-0.15, -0.1) is 11.8 Å². The molecule has 3 rings (SSSR count). The van der Waals surface area contributed by atoms with E-state index in [9.17, 15) is 0 Å². The van der Waals surface area contributed by atoms with Crippen LogP contribution in [0.25, 0.3) is 0 Å². The van der Waals surface area contributed by atoms with Gasteiger partial charge in [-0.2, -0.15) is 0 Å². The quantitative estimate of drug-likeness (QED) is 0.748. The number of fused-ring (bicyclic) bond motifs is 1. The first-order valence-electron chi connectivity index (χ1n) is 6.16. The predicted octanol–water partition coefficient (Wildman–Crippen LogP) is 5.34. The lowest BCUT2D eigenvalue weighted by atomic mass is 10.1. The molecule has 1 aliphatic heterocycles. The lowest BCUT2D eigenvalue weighted by molar-refractivity contribution is 0.898. The average Bonchev–Trinajstić information content (AvgIpc) is 2.82. The Balaban J connectivity index is 1.64. The van der Waals surface area contributed by atoms with Gasteiger partial charge in [0.05, 0.1) is 0 Å². The lowest BCUT2D eigenvalue weighted by Gasteiger charge is -2.13. The van der Waals surface area contributed by atoms with Crippen LogP contribution in [0.5, 0.6) is 0 Å². The fourth-order valence-electron chi connectivity index (χ4n) is 2.22. The number of hydrogen-bond acceptors (Lipinski definition) is 2. The van der Waals surface area contributed by atoms with E-state index in [1.165, 1.54) is 10.5 Å². The highest BCUT2D eigenvalue weighted by molar-refractivity contribution is 9.11. The van der Waals surface area contributed by atoms with Crippen molar-refractivity contribution in [2.24, 2.45) is 0 Å². The van der Waals surface area contributed by atoms with Gasteiger partial charge in [0.2, 0.25) is 0 Å². The normalized spacial score (nSPS) is 17.3. The van der Waals surface area contributed by atoms with Gasteiger partial charge in [-0.25, -0.2) is 0 Å². The van der Waals surface area contributed by atoms with Crippen LogP contribution in [-0.2, 0) is 6.42 Å². The van der Waals surface area contributed by atoms with Crippen molar-refractivity contribution in [2.45, 2.75) is 16.6 Å². The molecule has 1 atom stereocenters. The van der Waals surface area contributed by atoms with Crippen LogP contribution in [-0.4, -0.2) is 11.8 Å². The summed E-state index contributed by atoms with van der Waals surface area (Å²) in [5.41, 5.74) is 2.62. The van der Waals surface area contributed by atoms with Gasteiger partial charge in [0.25, 0.3) is 0 Å². The lowest BCUT2D eigenvalue weighted by Crippen LogP contribution is -2.16. The van der Waals surface area contributed by atoms with E-state index >= 15 is 0 Å². The molecule has 1 aliphatic rings. The molecule has 2 aromatic rings. The van der Waals surface area contributed by atoms with Gasteiger partial charge in [0, 0.05) is 31.3 Å². The fraction of sp³-hybridized carbons (Fsp3) is 0.200. The summed E-state index contributed by atoms with van der Waals surface area (Å²) in [4.78, 5) is 1.43. The number of benzene rings is 2. The van der Waals surface area contributed by atoms with Crippen LogP contribution >= 0.6 is 43.6 Å². The molecule has 2 aromatic carbocycles. The maximum atomic E-state index is 3.58. The Hall–Kier alpha value is -0.450. The van der Waals surface area contributed by atoms with Crippen molar-refractivity contribution in [3.63, 3.8) is 0 Å². The summed E-state index contributed by atoms with van der Waals surface area (Å²) in [5, 5.41) is 4.15. The zero-order chi connectivity index (χ0) is 13.2. The average molecular weight is 399 g/mol.